The lowest BCUT2D eigenvalue weighted by molar-refractivity contribution is -0.138. The summed E-state index contributed by atoms with van der Waals surface area (Å²) < 4.78 is 2.88. The normalized spacial score (nSPS) is 12.0. The number of carboxylic acid groups (broad SMARTS) is 1. The molecule has 116 valence electrons. The number of para-hydroxylation sites is 1. The zero-order valence-corrected chi connectivity index (χ0v) is 14.1. The third kappa shape index (κ3) is 3.06. The number of aliphatic carboxylic acids is 1. The molecule has 1 aromatic carbocycles. The van der Waals surface area contributed by atoms with Gasteiger partial charge in [0.2, 0.25) is 0 Å². The van der Waals surface area contributed by atoms with Crippen LogP contribution in [0.5, 0.6) is 0 Å². The predicted octanol–water partition coefficient (Wildman–Crippen LogP) is 3.06. The van der Waals surface area contributed by atoms with Gasteiger partial charge in [-0.2, -0.15) is 0 Å². The minimum atomic E-state index is -1.06. The third-order valence-electron chi connectivity index (χ3n) is 3.49. The van der Waals surface area contributed by atoms with Gasteiger partial charge in [-0.25, -0.2) is 0 Å². The minimum Gasteiger partial charge on any atom is -0.480 e. The molecule has 0 aliphatic heterocycles. The van der Waals surface area contributed by atoms with E-state index in [-0.39, 0.29) is 5.91 Å². The number of halogens is 1. The molecule has 2 rings (SSSR count). The van der Waals surface area contributed by atoms with Crippen LogP contribution in [0.1, 0.15) is 28.7 Å². The first-order valence-corrected chi connectivity index (χ1v) is 7.59. The lowest BCUT2D eigenvalue weighted by atomic mass is 10.2. The molecule has 0 aliphatic rings. The maximum atomic E-state index is 12.3. The highest BCUT2D eigenvalue weighted by atomic mass is 79.9. The van der Waals surface area contributed by atoms with Crippen molar-refractivity contribution in [2.24, 2.45) is 0 Å². The fraction of sp³-hybridized carbons (Fsp3) is 0.250. The van der Waals surface area contributed by atoms with Crippen LogP contribution in [0.15, 0.2) is 34.8 Å². The summed E-state index contributed by atoms with van der Waals surface area (Å²) in [5.41, 5.74) is 3.07. The molecule has 6 heteroatoms. The van der Waals surface area contributed by atoms with Gasteiger partial charge in [-0.05, 0) is 54.9 Å². The Hall–Kier alpha value is -2.08. The summed E-state index contributed by atoms with van der Waals surface area (Å²) in [7, 11) is 0. The molecular formula is C16H17BrN2O3. The molecule has 2 aromatic rings. The summed E-state index contributed by atoms with van der Waals surface area (Å²) >= 11 is 3.51. The number of hydrogen-bond acceptors (Lipinski definition) is 2. The van der Waals surface area contributed by atoms with Gasteiger partial charge >= 0.3 is 5.97 Å². The Kier molecular flexibility index (Phi) is 4.71. The lowest BCUT2D eigenvalue weighted by Crippen LogP contribution is -2.38. The average Bonchev–Trinajstić information content (AvgIpc) is 2.75. The van der Waals surface area contributed by atoms with E-state index in [2.05, 4.69) is 21.2 Å². The number of nitrogens with one attached hydrogen (secondary N) is 1. The molecule has 22 heavy (non-hydrogen) atoms. The van der Waals surface area contributed by atoms with Gasteiger partial charge in [0.05, 0.1) is 11.3 Å². The molecular weight excluding hydrogens is 348 g/mol. The molecule has 0 saturated heterocycles. The largest absolute Gasteiger partial charge is 0.480 e. The molecule has 0 radical (unpaired) electrons. The number of amides is 1. The summed E-state index contributed by atoms with van der Waals surface area (Å²) in [6.45, 7) is 5.18. The zero-order valence-electron chi connectivity index (χ0n) is 12.6. The zero-order chi connectivity index (χ0) is 16.4. The molecule has 2 N–H and O–H groups in total. The molecule has 0 aliphatic carbocycles. The standard InChI is InChI=1S/C16H17BrN2O3/c1-9-8-12(15(20)18-10(2)16(21)22)11(3)19(9)14-7-5-4-6-13(14)17/h4-8,10H,1-3H3,(H,18,20)(H,21,22)/t10-/m1/s1. The Morgan fingerprint density at radius 2 is 1.91 bits per heavy atom. The summed E-state index contributed by atoms with van der Waals surface area (Å²) in [6.07, 6.45) is 0. The van der Waals surface area contributed by atoms with Gasteiger partial charge in [0, 0.05) is 15.9 Å². The van der Waals surface area contributed by atoms with Crippen LogP contribution < -0.4 is 5.32 Å². The van der Waals surface area contributed by atoms with Crippen molar-refractivity contribution in [3.8, 4) is 5.69 Å². The molecule has 1 atom stereocenters. The van der Waals surface area contributed by atoms with Crippen molar-refractivity contribution in [3.63, 3.8) is 0 Å². The van der Waals surface area contributed by atoms with Gasteiger partial charge in [0.15, 0.2) is 0 Å². The summed E-state index contributed by atoms with van der Waals surface area (Å²) in [5.74, 6) is -1.45. The number of aryl methyl sites for hydroxylation is 1. The first-order valence-electron chi connectivity index (χ1n) is 6.80. The van der Waals surface area contributed by atoms with Crippen LogP contribution in [0.2, 0.25) is 0 Å². The van der Waals surface area contributed by atoms with E-state index in [1.807, 2.05) is 42.7 Å². The molecule has 1 aromatic heterocycles. The number of carbonyl (C=O) groups excluding carboxylic acids is 1. The average molecular weight is 365 g/mol. The molecule has 0 spiro atoms. The van der Waals surface area contributed by atoms with E-state index in [1.54, 1.807) is 6.07 Å². The van der Waals surface area contributed by atoms with Gasteiger partial charge in [-0.15, -0.1) is 0 Å². The van der Waals surface area contributed by atoms with Crippen LogP contribution in [0.25, 0.3) is 5.69 Å². The molecule has 0 saturated carbocycles. The van der Waals surface area contributed by atoms with E-state index in [0.717, 1.165) is 21.5 Å². The topological polar surface area (TPSA) is 71.3 Å². The van der Waals surface area contributed by atoms with E-state index < -0.39 is 12.0 Å². The molecule has 0 fully saturated rings. The molecule has 0 bridgehead atoms. The fourth-order valence-corrected chi connectivity index (χ4v) is 2.79. The number of carboxylic acids is 1. The van der Waals surface area contributed by atoms with E-state index >= 15 is 0 Å². The first kappa shape index (κ1) is 16.3. The van der Waals surface area contributed by atoms with Crippen LogP contribution in [0, 0.1) is 13.8 Å². The Bertz CT molecular complexity index is 737. The van der Waals surface area contributed by atoms with Gasteiger partial charge in [-0.3, -0.25) is 9.59 Å². The maximum absolute atomic E-state index is 12.3. The van der Waals surface area contributed by atoms with Gasteiger partial charge in [-0.1, -0.05) is 12.1 Å². The number of aromatic nitrogens is 1. The summed E-state index contributed by atoms with van der Waals surface area (Å²) in [6, 6.07) is 8.55. The van der Waals surface area contributed by atoms with E-state index in [9.17, 15) is 9.59 Å². The van der Waals surface area contributed by atoms with Gasteiger partial charge in [0.1, 0.15) is 6.04 Å². The molecule has 1 heterocycles. The van der Waals surface area contributed by atoms with Crippen molar-refractivity contribution >= 4 is 27.8 Å². The van der Waals surface area contributed by atoms with Crippen LogP contribution in [-0.2, 0) is 4.79 Å². The second-order valence-electron chi connectivity index (χ2n) is 5.11. The minimum absolute atomic E-state index is 0.388. The van der Waals surface area contributed by atoms with E-state index in [1.165, 1.54) is 6.92 Å². The van der Waals surface area contributed by atoms with Crippen molar-refractivity contribution < 1.29 is 14.7 Å². The highest BCUT2D eigenvalue weighted by molar-refractivity contribution is 9.10. The Balaban J connectivity index is 2.42. The second-order valence-corrected chi connectivity index (χ2v) is 5.96. The van der Waals surface area contributed by atoms with Crippen LogP contribution in [-0.4, -0.2) is 27.6 Å². The Morgan fingerprint density at radius 1 is 1.27 bits per heavy atom. The monoisotopic (exact) mass is 364 g/mol. The summed E-state index contributed by atoms with van der Waals surface area (Å²) in [5, 5.41) is 11.4. The quantitative estimate of drug-likeness (QED) is 0.875. The van der Waals surface area contributed by atoms with Crippen LogP contribution in [0.3, 0.4) is 0 Å². The van der Waals surface area contributed by atoms with Crippen LogP contribution >= 0.6 is 15.9 Å². The number of carbonyl (C=O) groups is 2. The number of rotatable bonds is 4. The molecule has 0 unspecified atom stereocenters. The smallest absolute Gasteiger partial charge is 0.325 e. The van der Waals surface area contributed by atoms with Gasteiger partial charge < -0.3 is 15.0 Å². The molecule has 5 nitrogen and oxygen atoms in total. The number of nitrogens with zero attached hydrogens (tertiary/aromatic N) is 1. The maximum Gasteiger partial charge on any atom is 0.325 e. The highest BCUT2D eigenvalue weighted by Gasteiger charge is 2.21. The van der Waals surface area contributed by atoms with Crippen molar-refractivity contribution in [2.45, 2.75) is 26.8 Å². The molecule has 1 amide bonds. The third-order valence-corrected chi connectivity index (χ3v) is 4.16. The SMILES string of the molecule is Cc1cc(C(=O)N[C@H](C)C(=O)O)c(C)n1-c1ccccc1Br. The predicted molar refractivity (Wildman–Crippen MR) is 87.5 cm³/mol. The van der Waals surface area contributed by atoms with Crippen molar-refractivity contribution in [3.05, 3.63) is 51.8 Å². The second kappa shape index (κ2) is 6.36. The first-order chi connectivity index (χ1) is 10.3. The van der Waals surface area contributed by atoms with Crippen molar-refractivity contribution in [1.82, 2.24) is 9.88 Å². The van der Waals surface area contributed by atoms with E-state index in [4.69, 9.17) is 5.11 Å². The van der Waals surface area contributed by atoms with Crippen LogP contribution in [0.4, 0.5) is 0 Å². The van der Waals surface area contributed by atoms with Gasteiger partial charge in [0.25, 0.3) is 5.91 Å². The Morgan fingerprint density at radius 3 is 2.50 bits per heavy atom. The number of hydrogen-bond donors (Lipinski definition) is 2. The highest BCUT2D eigenvalue weighted by Crippen LogP contribution is 2.26. The number of benzene rings is 1. The Labute approximate surface area is 137 Å². The fourth-order valence-electron chi connectivity index (χ4n) is 2.33. The summed E-state index contributed by atoms with van der Waals surface area (Å²) in [4.78, 5) is 23.1. The lowest BCUT2D eigenvalue weighted by Gasteiger charge is -2.12. The van der Waals surface area contributed by atoms with Crippen molar-refractivity contribution in [2.75, 3.05) is 0 Å². The van der Waals surface area contributed by atoms with E-state index in [0.29, 0.717) is 5.56 Å². The van der Waals surface area contributed by atoms with Crippen molar-refractivity contribution in [1.29, 1.82) is 0 Å².